The minimum atomic E-state index is -0.227. The van der Waals surface area contributed by atoms with Crippen molar-refractivity contribution in [3.8, 4) is 0 Å². The highest BCUT2D eigenvalue weighted by Crippen LogP contribution is 2.42. The maximum Gasteiger partial charge on any atom is 0.264 e. The number of rotatable bonds is 4. The Morgan fingerprint density at radius 1 is 1.21 bits per heavy atom. The van der Waals surface area contributed by atoms with Gasteiger partial charge in [0.1, 0.15) is 5.76 Å². The molecule has 0 bridgehead atoms. The van der Waals surface area contributed by atoms with E-state index < -0.39 is 0 Å². The van der Waals surface area contributed by atoms with Gasteiger partial charge in [0, 0.05) is 22.5 Å². The standard InChI is InChI=1S/C22H17ClN2O3S/c1-25-18-12-15(21(26)24-13-17-6-3-9-28-17)7-8-19(18)29-20(22(25)27)11-14-4-2-5-16(23)10-14/h2-12H,13H2,1H3,(H,24,26). The SMILES string of the molecule is CN1C(=O)C(=Cc2cccc(Cl)c2)Sc2ccc(C(=O)NCc3ccco3)cc21. The van der Waals surface area contributed by atoms with Crippen LogP contribution in [0.1, 0.15) is 21.7 Å². The molecular formula is C22H17ClN2O3S. The van der Waals surface area contributed by atoms with Crippen molar-refractivity contribution in [2.75, 3.05) is 11.9 Å². The molecule has 1 aliphatic rings. The monoisotopic (exact) mass is 424 g/mol. The molecule has 3 aromatic rings. The minimum absolute atomic E-state index is 0.129. The lowest BCUT2D eigenvalue weighted by atomic mass is 10.1. The Balaban J connectivity index is 1.56. The molecule has 1 aliphatic heterocycles. The van der Waals surface area contributed by atoms with E-state index in [1.54, 1.807) is 48.5 Å². The molecule has 5 nitrogen and oxygen atoms in total. The number of halogens is 1. The zero-order valence-electron chi connectivity index (χ0n) is 15.5. The van der Waals surface area contributed by atoms with Crippen molar-refractivity contribution in [1.29, 1.82) is 0 Å². The molecule has 1 aromatic heterocycles. The van der Waals surface area contributed by atoms with Crippen LogP contribution in [0.4, 0.5) is 5.69 Å². The van der Waals surface area contributed by atoms with E-state index in [4.69, 9.17) is 16.0 Å². The Morgan fingerprint density at radius 3 is 2.83 bits per heavy atom. The van der Waals surface area contributed by atoms with Crippen LogP contribution < -0.4 is 10.2 Å². The average Bonchev–Trinajstić information content (AvgIpc) is 3.23. The Morgan fingerprint density at radius 2 is 2.07 bits per heavy atom. The molecule has 0 saturated heterocycles. The van der Waals surface area contributed by atoms with E-state index in [1.807, 2.05) is 30.3 Å². The van der Waals surface area contributed by atoms with Crippen LogP contribution in [-0.4, -0.2) is 18.9 Å². The fourth-order valence-electron chi connectivity index (χ4n) is 2.97. The van der Waals surface area contributed by atoms with Gasteiger partial charge in [0.25, 0.3) is 11.8 Å². The summed E-state index contributed by atoms with van der Waals surface area (Å²) in [5.74, 6) is 0.320. The largest absolute Gasteiger partial charge is 0.467 e. The molecular weight excluding hydrogens is 408 g/mol. The number of amides is 2. The quantitative estimate of drug-likeness (QED) is 0.600. The number of hydrogen-bond donors (Lipinski definition) is 1. The first kappa shape index (κ1) is 19.4. The number of fused-ring (bicyclic) bond motifs is 1. The number of thioether (sulfide) groups is 1. The molecule has 0 fully saturated rings. The lowest BCUT2D eigenvalue weighted by Gasteiger charge is -2.27. The maximum absolute atomic E-state index is 12.8. The van der Waals surface area contributed by atoms with Crippen molar-refractivity contribution in [2.24, 2.45) is 0 Å². The van der Waals surface area contributed by atoms with E-state index in [9.17, 15) is 9.59 Å². The summed E-state index contributed by atoms with van der Waals surface area (Å²) >= 11 is 7.42. The van der Waals surface area contributed by atoms with E-state index in [1.165, 1.54) is 11.8 Å². The number of anilines is 1. The van der Waals surface area contributed by atoms with Crippen LogP contribution in [0.3, 0.4) is 0 Å². The lowest BCUT2D eigenvalue weighted by Crippen LogP contribution is -2.31. The maximum atomic E-state index is 12.8. The van der Waals surface area contributed by atoms with Crippen LogP contribution in [0.25, 0.3) is 6.08 Å². The van der Waals surface area contributed by atoms with Gasteiger partial charge in [-0.25, -0.2) is 0 Å². The van der Waals surface area contributed by atoms with Crippen molar-refractivity contribution in [3.05, 3.63) is 87.7 Å². The fourth-order valence-corrected chi connectivity index (χ4v) is 4.26. The number of benzene rings is 2. The predicted molar refractivity (Wildman–Crippen MR) is 115 cm³/mol. The van der Waals surface area contributed by atoms with Crippen molar-refractivity contribution < 1.29 is 14.0 Å². The summed E-state index contributed by atoms with van der Waals surface area (Å²) in [6, 6.07) is 16.3. The zero-order chi connectivity index (χ0) is 20.4. The topological polar surface area (TPSA) is 62.6 Å². The van der Waals surface area contributed by atoms with Crippen molar-refractivity contribution in [2.45, 2.75) is 11.4 Å². The van der Waals surface area contributed by atoms with Crippen molar-refractivity contribution in [1.82, 2.24) is 5.32 Å². The van der Waals surface area contributed by atoms with Crippen molar-refractivity contribution in [3.63, 3.8) is 0 Å². The van der Waals surface area contributed by atoms with E-state index in [0.717, 1.165) is 10.5 Å². The molecule has 0 radical (unpaired) electrons. The summed E-state index contributed by atoms with van der Waals surface area (Å²) in [6.45, 7) is 0.305. The van der Waals surface area contributed by atoms with Gasteiger partial charge < -0.3 is 14.6 Å². The average molecular weight is 425 g/mol. The van der Waals surface area contributed by atoms with Crippen LogP contribution in [0, 0.1) is 0 Å². The first-order chi connectivity index (χ1) is 14.0. The lowest BCUT2D eigenvalue weighted by molar-refractivity contribution is -0.114. The number of carbonyl (C=O) groups excluding carboxylic acids is 2. The molecule has 2 heterocycles. The molecule has 29 heavy (non-hydrogen) atoms. The van der Waals surface area contributed by atoms with Gasteiger partial charge in [-0.15, -0.1) is 0 Å². The number of hydrogen-bond acceptors (Lipinski definition) is 4. The highest BCUT2D eigenvalue weighted by Gasteiger charge is 2.27. The van der Waals surface area contributed by atoms with E-state index in [0.29, 0.717) is 33.5 Å². The number of nitrogens with zero attached hydrogens (tertiary/aromatic N) is 1. The van der Waals surface area contributed by atoms with Gasteiger partial charge in [0.05, 0.1) is 23.4 Å². The van der Waals surface area contributed by atoms with Gasteiger partial charge in [-0.05, 0) is 54.1 Å². The normalized spacial score (nSPS) is 14.8. The minimum Gasteiger partial charge on any atom is -0.467 e. The van der Waals surface area contributed by atoms with Crippen LogP contribution >= 0.6 is 23.4 Å². The Kier molecular flexibility index (Phi) is 5.47. The number of furan rings is 1. The smallest absolute Gasteiger partial charge is 0.264 e. The second kappa shape index (κ2) is 8.19. The molecule has 0 saturated carbocycles. The third kappa shape index (κ3) is 4.23. The van der Waals surface area contributed by atoms with E-state index >= 15 is 0 Å². The highest BCUT2D eigenvalue weighted by atomic mass is 35.5. The zero-order valence-corrected chi connectivity index (χ0v) is 17.1. The third-order valence-electron chi connectivity index (χ3n) is 4.47. The molecule has 0 aliphatic carbocycles. The van der Waals surface area contributed by atoms with Gasteiger partial charge in [0.15, 0.2) is 0 Å². The molecule has 2 aromatic carbocycles. The Hall–Kier alpha value is -2.96. The first-order valence-electron chi connectivity index (χ1n) is 8.89. The van der Waals surface area contributed by atoms with Crippen LogP contribution in [-0.2, 0) is 11.3 Å². The van der Waals surface area contributed by atoms with Crippen LogP contribution in [0.15, 0.2) is 75.1 Å². The molecule has 0 atom stereocenters. The Labute approximate surface area is 177 Å². The van der Waals surface area contributed by atoms with Gasteiger partial charge in [-0.2, -0.15) is 0 Å². The predicted octanol–water partition coefficient (Wildman–Crippen LogP) is 4.97. The number of nitrogens with one attached hydrogen (secondary N) is 1. The Bertz CT molecular complexity index is 1110. The molecule has 2 amide bonds. The summed E-state index contributed by atoms with van der Waals surface area (Å²) in [7, 11) is 1.71. The fraction of sp³-hybridized carbons (Fsp3) is 0.0909. The molecule has 1 N–H and O–H groups in total. The summed E-state index contributed by atoms with van der Waals surface area (Å²) in [4.78, 5) is 28.4. The van der Waals surface area contributed by atoms with Crippen molar-refractivity contribution >= 4 is 46.9 Å². The first-order valence-corrected chi connectivity index (χ1v) is 10.1. The molecule has 7 heteroatoms. The van der Waals surface area contributed by atoms with Gasteiger partial charge >= 0.3 is 0 Å². The van der Waals surface area contributed by atoms with Crippen LogP contribution in [0.5, 0.6) is 0 Å². The molecule has 0 unspecified atom stereocenters. The van der Waals surface area contributed by atoms with Crippen LogP contribution in [0.2, 0.25) is 5.02 Å². The third-order valence-corrected chi connectivity index (χ3v) is 5.78. The second-order valence-electron chi connectivity index (χ2n) is 6.47. The number of carbonyl (C=O) groups is 2. The van der Waals surface area contributed by atoms with E-state index in [-0.39, 0.29) is 11.8 Å². The summed E-state index contributed by atoms with van der Waals surface area (Å²) in [5, 5.41) is 3.43. The van der Waals surface area contributed by atoms with Gasteiger partial charge in [-0.3, -0.25) is 9.59 Å². The summed E-state index contributed by atoms with van der Waals surface area (Å²) in [5.41, 5.74) is 2.05. The molecule has 0 spiro atoms. The molecule has 4 rings (SSSR count). The molecule has 146 valence electrons. The van der Waals surface area contributed by atoms with E-state index in [2.05, 4.69) is 5.32 Å². The van der Waals surface area contributed by atoms with Gasteiger partial charge in [-0.1, -0.05) is 35.5 Å². The number of likely N-dealkylation sites (N-methyl/N-ethyl adjacent to an activating group) is 1. The summed E-state index contributed by atoms with van der Waals surface area (Å²) in [6.07, 6.45) is 3.38. The second-order valence-corrected chi connectivity index (χ2v) is 7.99. The summed E-state index contributed by atoms with van der Waals surface area (Å²) < 4.78 is 5.22. The van der Waals surface area contributed by atoms with Gasteiger partial charge in [0.2, 0.25) is 0 Å². The highest BCUT2D eigenvalue weighted by molar-refractivity contribution is 8.04.